The lowest BCUT2D eigenvalue weighted by molar-refractivity contribution is 0.822. The van der Waals surface area contributed by atoms with Gasteiger partial charge < -0.3 is 10.7 Å². The number of H-pyrrole nitrogens is 1. The van der Waals surface area contributed by atoms with E-state index in [0.29, 0.717) is 0 Å². The first-order chi connectivity index (χ1) is 7.27. The molecule has 0 bridgehead atoms. The van der Waals surface area contributed by atoms with E-state index in [-0.39, 0.29) is 11.6 Å². The molecule has 1 aromatic carbocycles. The van der Waals surface area contributed by atoms with Crippen LogP contribution in [0.5, 0.6) is 0 Å². The summed E-state index contributed by atoms with van der Waals surface area (Å²) in [6, 6.07) is 14.4. The van der Waals surface area contributed by atoms with Crippen LogP contribution in [-0.2, 0) is 0 Å². The van der Waals surface area contributed by atoms with Crippen LogP contribution >= 0.6 is 0 Å². The van der Waals surface area contributed by atoms with Gasteiger partial charge in [-0.1, -0.05) is 36.4 Å². The number of aromatic nitrogens is 1. The SMILES string of the molecule is N[C@@H](c1ccccc1)c1cccc(=O)[nH]1. The van der Waals surface area contributed by atoms with Gasteiger partial charge in [0.1, 0.15) is 0 Å². The third kappa shape index (κ3) is 2.14. The molecule has 1 atom stereocenters. The molecule has 0 aliphatic rings. The number of rotatable bonds is 2. The lowest BCUT2D eigenvalue weighted by Gasteiger charge is -2.11. The zero-order chi connectivity index (χ0) is 10.7. The minimum Gasteiger partial charge on any atom is -0.324 e. The Labute approximate surface area is 87.6 Å². The summed E-state index contributed by atoms with van der Waals surface area (Å²) in [6.45, 7) is 0. The summed E-state index contributed by atoms with van der Waals surface area (Å²) in [5.74, 6) is 0. The zero-order valence-corrected chi connectivity index (χ0v) is 8.18. The summed E-state index contributed by atoms with van der Waals surface area (Å²) < 4.78 is 0. The van der Waals surface area contributed by atoms with E-state index in [2.05, 4.69) is 4.98 Å². The number of hydrogen-bond acceptors (Lipinski definition) is 2. The zero-order valence-electron chi connectivity index (χ0n) is 8.18. The van der Waals surface area contributed by atoms with Crippen LogP contribution in [0.25, 0.3) is 0 Å². The molecule has 0 saturated heterocycles. The molecule has 1 aromatic heterocycles. The highest BCUT2D eigenvalue weighted by atomic mass is 16.1. The maximum absolute atomic E-state index is 11.1. The van der Waals surface area contributed by atoms with Crippen molar-refractivity contribution in [3.05, 3.63) is 70.1 Å². The minimum atomic E-state index is -0.278. The second-order valence-electron chi connectivity index (χ2n) is 3.36. The van der Waals surface area contributed by atoms with Crippen LogP contribution in [0.2, 0.25) is 0 Å². The first-order valence-corrected chi connectivity index (χ1v) is 4.77. The van der Waals surface area contributed by atoms with Crippen molar-refractivity contribution < 1.29 is 0 Å². The van der Waals surface area contributed by atoms with E-state index >= 15 is 0 Å². The van der Waals surface area contributed by atoms with Gasteiger partial charge in [-0.2, -0.15) is 0 Å². The van der Waals surface area contributed by atoms with Crippen LogP contribution < -0.4 is 11.3 Å². The Morgan fingerprint density at radius 1 is 1.00 bits per heavy atom. The smallest absolute Gasteiger partial charge is 0.248 e. The molecule has 3 heteroatoms. The summed E-state index contributed by atoms with van der Waals surface area (Å²) in [7, 11) is 0. The van der Waals surface area contributed by atoms with Gasteiger partial charge in [-0.25, -0.2) is 0 Å². The number of pyridine rings is 1. The Morgan fingerprint density at radius 2 is 1.73 bits per heavy atom. The van der Waals surface area contributed by atoms with Gasteiger partial charge in [-0.15, -0.1) is 0 Å². The van der Waals surface area contributed by atoms with Gasteiger partial charge in [0.2, 0.25) is 5.56 Å². The summed E-state index contributed by atoms with van der Waals surface area (Å²) in [5, 5.41) is 0. The van der Waals surface area contributed by atoms with E-state index in [1.807, 2.05) is 36.4 Å². The minimum absolute atomic E-state index is 0.126. The van der Waals surface area contributed by atoms with E-state index in [9.17, 15) is 4.79 Å². The molecule has 76 valence electrons. The fraction of sp³-hybridized carbons (Fsp3) is 0.0833. The van der Waals surface area contributed by atoms with Crippen LogP contribution in [0, 0.1) is 0 Å². The molecular formula is C12H12N2O. The Hall–Kier alpha value is -1.87. The molecular weight excluding hydrogens is 188 g/mol. The van der Waals surface area contributed by atoms with Crippen molar-refractivity contribution in [3.8, 4) is 0 Å². The maximum Gasteiger partial charge on any atom is 0.248 e. The monoisotopic (exact) mass is 200 g/mol. The highest BCUT2D eigenvalue weighted by Gasteiger charge is 2.07. The predicted molar refractivity (Wildman–Crippen MR) is 59.5 cm³/mol. The Morgan fingerprint density at radius 3 is 2.40 bits per heavy atom. The van der Waals surface area contributed by atoms with Gasteiger partial charge in [0.05, 0.1) is 6.04 Å². The lowest BCUT2D eigenvalue weighted by atomic mass is 10.0. The lowest BCUT2D eigenvalue weighted by Crippen LogP contribution is -2.17. The standard InChI is InChI=1S/C12H12N2O/c13-12(9-5-2-1-3-6-9)10-7-4-8-11(15)14-10/h1-8,12H,13H2,(H,14,15)/t12-/m0/s1. The van der Waals surface area contributed by atoms with E-state index < -0.39 is 0 Å². The van der Waals surface area contributed by atoms with Crippen LogP contribution in [-0.4, -0.2) is 4.98 Å². The van der Waals surface area contributed by atoms with Gasteiger partial charge >= 0.3 is 0 Å². The van der Waals surface area contributed by atoms with E-state index in [1.165, 1.54) is 6.07 Å². The fourth-order valence-electron chi connectivity index (χ4n) is 1.49. The normalized spacial score (nSPS) is 12.3. The van der Waals surface area contributed by atoms with Crippen LogP contribution in [0.4, 0.5) is 0 Å². The van der Waals surface area contributed by atoms with Crippen molar-refractivity contribution in [1.29, 1.82) is 0 Å². The van der Waals surface area contributed by atoms with Gasteiger partial charge in [0.15, 0.2) is 0 Å². The molecule has 0 aliphatic heterocycles. The number of hydrogen-bond donors (Lipinski definition) is 2. The van der Waals surface area contributed by atoms with E-state index in [4.69, 9.17) is 5.73 Å². The predicted octanol–water partition coefficient (Wildman–Crippen LogP) is 1.42. The van der Waals surface area contributed by atoms with Gasteiger partial charge in [0, 0.05) is 11.8 Å². The van der Waals surface area contributed by atoms with Gasteiger partial charge in [0.25, 0.3) is 0 Å². The summed E-state index contributed by atoms with van der Waals surface area (Å²) >= 11 is 0. The van der Waals surface area contributed by atoms with Crippen molar-refractivity contribution in [2.45, 2.75) is 6.04 Å². The number of aromatic amines is 1. The molecule has 0 amide bonds. The number of nitrogens with one attached hydrogen (secondary N) is 1. The maximum atomic E-state index is 11.1. The van der Waals surface area contributed by atoms with Gasteiger partial charge in [-0.3, -0.25) is 4.79 Å². The second-order valence-corrected chi connectivity index (χ2v) is 3.36. The largest absolute Gasteiger partial charge is 0.324 e. The summed E-state index contributed by atoms with van der Waals surface area (Å²) in [4.78, 5) is 13.8. The fourth-order valence-corrected chi connectivity index (χ4v) is 1.49. The van der Waals surface area contributed by atoms with Crippen molar-refractivity contribution in [1.82, 2.24) is 4.98 Å². The Balaban J connectivity index is 2.37. The topological polar surface area (TPSA) is 58.9 Å². The Bertz CT molecular complexity index is 490. The highest BCUT2D eigenvalue weighted by Crippen LogP contribution is 2.15. The van der Waals surface area contributed by atoms with Crippen LogP contribution in [0.1, 0.15) is 17.3 Å². The number of nitrogens with two attached hydrogens (primary N) is 1. The quantitative estimate of drug-likeness (QED) is 0.770. The molecule has 2 aromatic rings. The van der Waals surface area contributed by atoms with Crippen LogP contribution in [0.3, 0.4) is 0 Å². The molecule has 15 heavy (non-hydrogen) atoms. The Kier molecular flexibility index (Phi) is 2.65. The van der Waals surface area contributed by atoms with E-state index in [1.54, 1.807) is 6.07 Å². The molecule has 0 radical (unpaired) electrons. The first-order valence-electron chi connectivity index (χ1n) is 4.77. The van der Waals surface area contributed by atoms with Crippen LogP contribution in [0.15, 0.2) is 53.3 Å². The van der Waals surface area contributed by atoms with Crippen molar-refractivity contribution in [3.63, 3.8) is 0 Å². The van der Waals surface area contributed by atoms with Crippen molar-refractivity contribution >= 4 is 0 Å². The van der Waals surface area contributed by atoms with Gasteiger partial charge in [-0.05, 0) is 11.6 Å². The molecule has 0 fully saturated rings. The third-order valence-electron chi connectivity index (χ3n) is 2.28. The molecule has 2 rings (SSSR count). The van der Waals surface area contributed by atoms with Crippen molar-refractivity contribution in [2.24, 2.45) is 5.73 Å². The molecule has 1 heterocycles. The third-order valence-corrected chi connectivity index (χ3v) is 2.28. The molecule has 0 saturated carbocycles. The molecule has 0 aliphatic carbocycles. The molecule has 3 nitrogen and oxygen atoms in total. The number of benzene rings is 1. The second kappa shape index (κ2) is 4.11. The summed E-state index contributed by atoms with van der Waals surface area (Å²) in [6.07, 6.45) is 0. The highest BCUT2D eigenvalue weighted by molar-refractivity contribution is 5.26. The van der Waals surface area contributed by atoms with E-state index in [0.717, 1.165) is 11.3 Å². The first kappa shape index (κ1) is 9.68. The average molecular weight is 200 g/mol. The van der Waals surface area contributed by atoms with Crippen molar-refractivity contribution in [2.75, 3.05) is 0 Å². The summed E-state index contributed by atoms with van der Waals surface area (Å²) in [5.41, 5.74) is 7.60. The average Bonchev–Trinajstić information content (AvgIpc) is 2.29. The molecule has 0 unspecified atom stereocenters. The molecule has 0 spiro atoms. The molecule has 3 N–H and O–H groups in total.